The third-order valence-corrected chi connectivity index (χ3v) is 2.59. The van der Waals surface area contributed by atoms with Crippen molar-refractivity contribution in [2.75, 3.05) is 7.11 Å². The van der Waals surface area contributed by atoms with E-state index in [1.54, 1.807) is 30.3 Å². The Morgan fingerprint density at radius 2 is 1.84 bits per heavy atom. The SMILES string of the molecule is COC(=O)c1cc(C(F)(F)F)[nH]c1-c1ccccc1. The lowest BCUT2D eigenvalue weighted by Crippen LogP contribution is -2.05. The highest BCUT2D eigenvalue weighted by Gasteiger charge is 2.35. The summed E-state index contributed by atoms with van der Waals surface area (Å²) < 4.78 is 42.5. The van der Waals surface area contributed by atoms with Gasteiger partial charge >= 0.3 is 12.1 Å². The zero-order valence-electron chi connectivity index (χ0n) is 9.91. The second-order valence-electron chi connectivity index (χ2n) is 3.83. The van der Waals surface area contributed by atoms with Gasteiger partial charge in [-0.1, -0.05) is 30.3 Å². The van der Waals surface area contributed by atoms with E-state index in [9.17, 15) is 18.0 Å². The molecule has 0 aliphatic rings. The summed E-state index contributed by atoms with van der Waals surface area (Å²) in [4.78, 5) is 13.8. The molecule has 19 heavy (non-hydrogen) atoms. The largest absolute Gasteiger partial charge is 0.465 e. The monoisotopic (exact) mass is 269 g/mol. The Morgan fingerprint density at radius 1 is 1.21 bits per heavy atom. The molecule has 1 aromatic heterocycles. The van der Waals surface area contributed by atoms with Crippen molar-refractivity contribution in [1.82, 2.24) is 4.98 Å². The summed E-state index contributed by atoms with van der Waals surface area (Å²) in [7, 11) is 1.12. The fraction of sp³-hybridized carbons (Fsp3) is 0.154. The highest BCUT2D eigenvalue weighted by atomic mass is 19.4. The summed E-state index contributed by atoms with van der Waals surface area (Å²) in [5, 5.41) is 0. The van der Waals surface area contributed by atoms with Crippen LogP contribution in [0.4, 0.5) is 13.2 Å². The molecule has 0 aliphatic carbocycles. The number of H-pyrrole nitrogens is 1. The van der Waals surface area contributed by atoms with Crippen LogP contribution in [0.2, 0.25) is 0 Å². The standard InChI is InChI=1S/C13H10F3NO2/c1-19-12(18)9-7-10(13(14,15)16)17-11(9)8-5-3-2-4-6-8/h2-7,17H,1H3. The van der Waals surface area contributed by atoms with Gasteiger partial charge in [-0.05, 0) is 11.6 Å². The number of methoxy groups -OCH3 is 1. The van der Waals surface area contributed by atoms with Crippen LogP contribution in [0.25, 0.3) is 11.3 Å². The zero-order chi connectivity index (χ0) is 14.0. The maximum Gasteiger partial charge on any atom is 0.431 e. The minimum Gasteiger partial charge on any atom is -0.465 e. The van der Waals surface area contributed by atoms with Crippen molar-refractivity contribution < 1.29 is 22.7 Å². The van der Waals surface area contributed by atoms with Crippen LogP contribution >= 0.6 is 0 Å². The van der Waals surface area contributed by atoms with Gasteiger partial charge in [0, 0.05) is 0 Å². The molecule has 0 saturated carbocycles. The van der Waals surface area contributed by atoms with E-state index in [0.717, 1.165) is 13.2 Å². The summed E-state index contributed by atoms with van der Waals surface area (Å²) in [6.07, 6.45) is -4.55. The van der Waals surface area contributed by atoms with E-state index < -0.39 is 17.8 Å². The molecule has 1 N–H and O–H groups in total. The van der Waals surface area contributed by atoms with E-state index in [2.05, 4.69) is 9.72 Å². The summed E-state index contributed by atoms with van der Waals surface area (Å²) in [6, 6.07) is 9.05. The van der Waals surface area contributed by atoms with Crippen molar-refractivity contribution in [2.24, 2.45) is 0 Å². The first-order chi connectivity index (χ1) is 8.93. The van der Waals surface area contributed by atoms with E-state index in [-0.39, 0.29) is 11.3 Å². The molecule has 0 radical (unpaired) electrons. The van der Waals surface area contributed by atoms with Gasteiger partial charge in [0.05, 0.1) is 18.4 Å². The van der Waals surface area contributed by atoms with Crippen molar-refractivity contribution in [3.8, 4) is 11.3 Å². The lowest BCUT2D eigenvalue weighted by atomic mass is 10.1. The highest BCUT2D eigenvalue weighted by molar-refractivity contribution is 5.96. The Morgan fingerprint density at radius 3 is 2.37 bits per heavy atom. The predicted molar refractivity (Wildman–Crippen MR) is 62.6 cm³/mol. The second kappa shape index (κ2) is 4.79. The molecule has 3 nitrogen and oxygen atoms in total. The first-order valence-corrected chi connectivity index (χ1v) is 5.37. The van der Waals surface area contributed by atoms with Crippen molar-refractivity contribution in [3.63, 3.8) is 0 Å². The molecule has 0 fully saturated rings. The van der Waals surface area contributed by atoms with Crippen LogP contribution in [0.5, 0.6) is 0 Å². The number of aromatic amines is 1. The second-order valence-corrected chi connectivity index (χ2v) is 3.83. The van der Waals surface area contributed by atoms with Crippen molar-refractivity contribution >= 4 is 5.97 Å². The third-order valence-electron chi connectivity index (χ3n) is 2.59. The number of nitrogens with one attached hydrogen (secondary N) is 1. The van der Waals surface area contributed by atoms with Crippen LogP contribution in [0, 0.1) is 0 Å². The van der Waals surface area contributed by atoms with E-state index >= 15 is 0 Å². The van der Waals surface area contributed by atoms with Gasteiger partial charge in [-0.15, -0.1) is 0 Å². The van der Waals surface area contributed by atoms with Gasteiger partial charge < -0.3 is 9.72 Å². The number of hydrogen-bond acceptors (Lipinski definition) is 2. The fourth-order valence-electron chi connectivity index (χ4n) is 1.71. The number of aromatic nitrogens is 1. The van der Waals surface area contributed by atoms with Crippen LogP contribution in [0.15, 0.2) is 36.4 Å². The summed E-state index contributed by atoms with van der Waals surface area (Å²) in [5.41, 5.74) is -0.536. The first-order valence-electron chi connectivity index (χ1n) is 5.37. The van der Waals surface area contributed by atoms with Crippen LogP contribution in [-0.4, -0.2) is 18.1 Å². The number of alkyl halides is 3. The quantitative estimate of drug-likeness (QED) is 0.848. The number of hydrogen-bond donors (Lipinski definition) is 1. The molecule has 2 aromatic rings. The minimum atomic E-state index is -4.55. The van der Waals surface area contributed by atoms with Gasteiger partial charge in [0.1, 0.15) is 5.69 Å². The average Bonchev–Trinajstić information content (AvgIpc) is 2.83. The molecule has 0 saturated heterocycles. The number of esters is 1. The Labute approximate surface area is 107 Å². The molecule has 6 heteroatoms. The highest BCUT2D eigenvalue weighted by Crippen LogP contribution is 2.33. The summed E-state index contributed by atoms with van der Waals surface area (Å²) >= 11 is 0. The number of halogens is 3. The smallest absolute Gasteiger partial charge is 0.431 e. The molecule has 0 amide bonds. The fourth-order valence-corrected chi connectivity index (χ4v) is 1.71. The molecule has 0 aliphatic heterocycles. The topological polar surface area (TPSA) is 42.1 Å². The van der Waals surface area contributed by atoms with Crippen LogP contribution < -0.4 is 0 Å². The van der Waals surface area contributed by atoms with Crippen molar-refractivity contribution in [2.45, 2.75) is 6.18 Å². The van der Waals surface area contributed by atoms with Gasteiger partial charge in [-0.3, -0.25) is 0 Å². The van der Waals surface area contributed by atoms with Crippen molar-refractivity contribution in [3.05, 3.63) is 47.7 Å². The minimum absolute atomic E-state index is 0.0970. The Hall–Kier alpha value is -2.24. The molecule has 0 atom stereocenters. The Balaban J connectivity index is 2.59. The molecule has 0 spiro atoms. The van der Waals surface area contributed by atoms with Gasteiger partial charge in [0.2, 0.25) is 0 Å². The normalized spacial score (nSPS) is 11.4. The number of benzene rings is 1. The molecule has 100 valence electrons. The van der Waals surface area contributed by atoms with Crippen LogP contribution in [-0.2, 0) is 10.9 Å². The molecule has 2 rings (SSSR count). The molecule has 1 aromatic carbocycles. The third kappa shape index (κ3) is 2.62. The maximum atomic E-state index is 12.7. The van der Waals surface area contributed by atoms with Crippen LogP contribution in [0.3, 0.4) is 0 Å². The van der Waals surface area contributed by atoms with Gasteiger partial charge in [-0.25, -0.2) is 4.79 Å². The number of ether oxygens (including phenoxy) is 1. The lowest BCUT2D eigenvalue weighted by molar-refractivity contribution is -0.140. The average molecular weight is 269 g/mol. The summed E-state index contributed by atoms with van der Waals surface area (Å²) in [5.74, 6) is -0.814. The van der Waals surface area contributed by atoms with E-state index in [4.69, 9.17) is 0 Å². The molecular weight excluding hydrogens is 259 g/mol. The van der Waals surface area contributed by atoms with Crippen molar-refractivity contribution in [1.29, 1.82) is 0 Å². The Bertz CT molecular complexity index is 588. The summed E-state index contributed by atoms with van der Waals surface area (Å²) in [6.45, 7) is 0. The molecular formula is C13H10F3NO2. The number of rotatable bonds is 2. The van der Waals surface area contributed by atoms with Gasteiger partial charge in [0.25, 0.3) is 0 Å². The number of carbonyl (C=O) groups excluding carboxylic acids is 1. The number of carbonyl (C=O) groups is 1. The van der Waals surface area contributed by atoms with E-state index in [1.165, 1.54) is 0 Å². The van der Waals surface area contributed by atoms with E-state index in [1.807, 2.05) is 0 Å². The predicted octanol–water partition coefficient (Wildman–Crippen LogP) is 3.49. The molecule has 0 bridgehead atoms. The molecule has 1 heterocycles. The first kappa shape index (κ1) is 13.2. The zero-order valence-corrected chi connectivity index (χ0v) is 9.91. The van der Waals surface area contributed by atoms with Gasteiger partial charge in [-0.2, -0.15) is 13.2 Å². The van der Waals surface area contributed by atoms with Gasteiger partial charge in [0.15, 0.2) is 0 Å². The maximum absolute atomic E-state index is 12.7. The lowest BCUT2D eigenvalue weighted by Gasteiger charge is -2.03. The Kier molecular flexibility index (Phi) is 3.33. The molecule has 0 unspecified atom stereocenters. The van der Waals surface area contributed by atoms with Crippen LogP contribution in [0.1, 0.15) is 16.1 Å². The van der Waals surface area contributed by atoms with E-state index in [0.29, 0.717) is 5.56 Å².